The zero-order valence-electron chi connectivity index (χ0n) is 22.4. The number of non-ortho nitro benzene ring substituents is 1. The van der Waals surface area contributed by atoms with Gasteiger partial charge in [-0.15, -0.1) is 0 Å². The van der Waals surface area contributed by atoms with Crippen LogP contribution >= 0.6 is 0 Å². The molecule has 1 fully saturated rings. The summed E-state index contributed by atoms with van der Waals surface area (Å²) in [5.74, 6) is -1.65. The summed E-state index contributed by atoms with van der Waals surface area (Å²) in [6.45, 7) is 3.16. The summed E-state index contributed by atoms with van der Waals surface area (Å²) in [5.41, 5.74) is 2.52. The first-order valence-corrected chi connectivity index (χ1v) is 13.1. The summed E-state index contributed by atoms with van der Waals surface area (Å²) in [6, 6.07) is 19.0. The number of carbonyl (C=O) groups excluding carboxylic acids is 2. The van der Waals surface area contributed by atoms with E-state index in [1.165, 1.54) is 29.2 Å². The van der Waals surface area contributed by atoms with Crippen LogP contribution in [0.5, 0.6) is 5.75 Å². The van der Waals surface area contributed by atoms with E-state index in [9.17, 15) is 24.8 Å². The zero-order valence-corrected chi connectivity index (χ0v) is 22.4. The lowest BCUT2D eigenvalue weighted by Gasteiger charge is -2.27. The van der Waals surface area contributed by atoms with Crippen molar-refractivity contribution in [3.63, 3.8) is 0 Å². The molecule has 1 aliphatic heterocycles. The number of Topliss-reactive ketones (excluding diaryl/α,β-unsaturated/α-hetero) is 1. The van der Waals surface area contributed by atoms with Crippen LogP contribution in [-0.2, 0) is 22.7 Å². The number of benzene rings is 3. The second-order valence-corrected chi connectivity index (χ2v) is 9.83. The average molecular weight is 553 g/mol. The molecule has 3 aromatic carbocycles. The van der Waals surface area contributed by atoms with Crippen molar-refractivity contribution < 1.29 is 28.9 Å². The van der Waals surface area contributed by atoms with Crippen LogP contribution in [-0.4, -0.2) is 33.0 Å². The van der Waals surface area contributed by atoms with E-state index in [4.69, 9.17) is 4.74 Å². The van der Waals surface area contributed by atoms with Crippen LogP contribution in [0.15, 0.2) is 97.1 Å². The third kappa shape index (κ3) is 6.01. The van der Waals surface area contributed by atoms with E-state index in [0.29, 0.717) is 30.9 Å². The fraction of sp³-hybridized carbons (Fsp3) is 0.194. The molecule has 0 bridgehead atoms. The minimum atomic E-state index is -0.961. The Kier molecular flexibility index (Phi) is 7.91. The lowest BCUT2D eigenvalue weighted by Crippen LogP contribution is -2.36. The number of nitro groups is 1. The number of imidazole rings is 1. The van der Waals surface area contributed by atoms with E-state index in [2.05, 4.69) is 4.98 Å². The summed E-state index contributed by atoms with van der Waals surface area (Å²) in [6.07, 6.45) is 5.92. The maximum absolute atomic E-state index is 13.7. The highest BCUT2D eigenvalue weighted by molar-refractivity contribution is 6.46. The zero-order chi connectivity index (χ0) is 28.9. The monoisotopic (exact) mass is 552 g/mol. The lowest BCUT2D eigenvalue weighted by atomic mass is 9.95. The summed E-state index contributed by atoms with van der Waals surface area (Å²) in [5, 5.41) is 24.9. The van der Waals surface area contributed by atoms with Gasteiger partial charge in [-0.1, -0.05) is 47.7 Å². The number of nitrogens with one attached hydrogen (secondary N) is 1. The van der Waals surface area contributed by atoms with Crippen molar-refractivity contribution in [1.82, 2.24) is 9.88 Å². The lowest BCUT2D eigenvalue weighted by molar-refractivity contribution is -0.695. The number of H-pyrrole nitrogens is 1. The van der Waals surface area contributed by atoms with E-state index in [-0.39, 0.29) is 23.4 Å². The van der Waals surface area contributed by atoms with Crippen LogP contribution in [0.2, 0.25) is 0 Å². The summed E-state index contributed by atoms with van der Waals surface area (Å²) >= 11 is 0. The fourth-order valence-electron chi connectivity index (χ4n) is 4.94. The Hall–Kier alpha value is -5.25. The Bertz CT molecular complexity index is 1590. The minimum Gasteiger partial charge on any atom is -0.872 e. The maximum Gasteiger partial charge on any atom is 0.295 e. The van der Waals surface area contributed by atoms with E-state index in [0.717, 1.165) is 11.1 Å². The maximum atomic E-state index is 13.7. The van der Waals surface area contributed by atoms with Crippen LogP contribution in [0.3, 0.4) is 0 Å². The molecule has 0 aliphatic carbocycles. The predicted molar refractivity (Wildman–Crippen MR) is 147 cm³/mol. The Morgan fingerprint density at radius 1 is 1.07 bits per heavy atom. The molecule has 1 aromatic heterocycles. The van der Waals surface area contributed by atoms with Crippen molar-refractivity contribution in [2.45, 2.75) is 32.5 Å². The van der Waals surface area contributed by atoms with Crippen molar-refractivity contribution in [1.29, 1.82) is 0 Å². The minimum absolute atomic E-state index is 0.131. The Morgan fingerprint density at radius 2 is 1.83 bits per heavy atom. The second-order valence-electron chi connectivity index (χ2n) is 9.83. The topological polar surface area (TPSA) is 132 Å². The molecule has 5 rings (SSSR count). The molecule has 0 spiro atoms. The summed E-state index contributed by atoms with van der Waals surface area (Å²) in [7, 11) is 0. The Labute approximate surface area is 236 Å². The van der Waals surface area contributed by atoms with Gasteiger partial charge in [0, 0.05) is 30.7 Å². The van der Waals surface area contributed by atoms with Gasteiger partial charge in [-0.2, -0.15) is 0 Å². The van der Waals surface area contributed by atoms with Crippen LogP contribution < -0.4 is 14.4 Å². The van der Waals surface area contributed by atoms with Gasteiger partial charge in [0.25, 0.3) is 11.6 Å². The average Bonchev–Trinajstić information content (AvgIpc) is 3.58. The molecule has 1 saturated heterocycles. The third-order valence-corrected chi connectivity index (χ3v) is 6.97. The second kappa shape index (κ2) is 11.9. The summed E-state index contributed by atoms with van der Waals surface area (Å²) in [4.78, 5) is 41.4. The number of nitrogens with zero attached hydrogens (tertiary/aromatic N) is 3. The van der Waals surface area contributed by atoms with Crippen LogP contribution in [0.25, 0.3) is 5.76 Å². The molecule has 0 saturated carbocycles. The smallest absolute Gasteiger partial charge is 0.295 e. The largest absolute Gasteiger partial charge is 0.872 e. The molecule has 208 valence electrons. The van der Waals surface area contributed by atoms with E-state index < -0.39 is 28.4 Å². The number of likely N-dealkylation sites (tertiary alicyclic amines) is 1. The van der Waals surface area contributed by atoms with Crippen LogP contribution in [0, 0.1) is 17.0 Å². The molecule has 1 N–H and O–H groups in total. The van der Waals surface area contributed by atoms with Crippen molar-refractivity contribution in [2.24, 2.45) is 0 Å². The molecule has 0 radical (unpaired) electrons. The molecular weight excluding hydrogens is 524 g/mol. The molecule has 10 nitrogen and oxygen atoms in total. The van der Waals surface area contributed by atoms with E-state index in [1.807, 2.05) is 42.0 Å². The van der Waals surface area contributed by atoms with Gasteiger partial charge in [0.15, 0.2) is 0 Å². The number of aromatic nitrogens is 2. The fourth-order valence-corrected chi connectivity index (χ4v) is 4.94. The first kappa shape index (κ1) is 27.3. The number of hydrogen-bond acceptors (Lipinski definition) is 6. The van der Waals surface area contributed by atoms with Gasteiger partial charge in [0.1, 0.15) is 24.8 Å². The number of ether oxygens (including phenoxy) is 1. The number of hydrogen-bond donors (Lipinski definition) is 1. The van der Waals surface area contributed by atoms with Crippen molar-refractivity contribution in [3.8, 4) is 5.75 Å². The first-order chi connectivity index (χ1) is 19.8. The third-order valence-electron chi connectivity index (χ3n) is 6.97. The van der Waals surface area contributed by atoms with Gasteiger partial charge < -0.3 is 14.7 Å². The molecule has 1 atom stereocenters. The highest BCUT2D eigenvalue weighted by Crippen LogP contribution is 2.39. The number of amides is 1. The quantitative estimate of drug-likeness (QED) is 0.0801. The number of carbonyl (C=O) groups is 2. The summed E-state index contributed by atoms with van der Waals surface area (Å²) < 4.78 is 7.76. The van der Waals surface area contributed by atoms with Crippen molar-refractivity contribution in [3.05, 3.63) is 129 Å². The van der Waals surface area contributed by atoms with Crippen molar-refractivity contribution >= 4 is 23.1 Å². The predicted octanol–water partition coefficient (Wildman–Crippen LogP) is 3.41. The van der Waals surface area contributed by atoms with Gasteiger partial charge in [-0.05, 0) is 47.9 Å². The van der Waals surface area contributed by atoms with Gasteiger partial charge >= 0.3 is 0 Å². The molecule has 41 heavy (non-hydrogen) atoms. The number of rotatable bonds is 10. The highest BCUT2D eigenvalue weighted by atomic mass is 16.6. The molecule has 1 unspecified atom stereocenters. The Balaban J connectivity index is 1.43. The number of aryl methyl sites for hydroxylation is 2. The normalized spacial score (nSPS) is 16.2. The molecule has 1 amide bonds. The molecule has 10 heteroatoms. The number of ketones is 1. The van der Waals surface area contributed by atoms with Gasteiger partial charge in [0.05, 0.1) is 17.5 Å². The van der Waals surface area contributed by atoms with Gasteiger partial charge in [0.2, 0.25) is 12.1 Å². The molecule has 1 aliphatic rings. The first-order valence-electron chi connectivity index (χ1n) is 13.1. The van der Waals surface area contributed by atoms with E-state index >= 15 is 0 Å². The number of nitro benzene ring substituents is 1. The molecule has 2 heterocycles. The van der Waals surface area contributed by atoms with Gasteiger partial charge in [-0.3, -0.25) is 24.7 Å². The van der Waals surface area contributed by atoms with Crippen LogP contribution in [0.1, 0.15) is 34.7 Å². The van der Waals surface area contributed by atoms with Crippen LogP contribution in [0.4, 0.5) is 5.69 Å². The Morgan fingerprint density at radius 3 is 2.49 bits per heavy atom. The molecular formula is C31H28N4O6. The number of aromatic amines is 1. The highest BCUT2D eigenvalue weighted by Gasteiger charge is 2.44. The van der Waals surface area contributed by atoms with Gasteiger partial charge in [-0.25, -0.2) is 4.57 Å². The van der Waals surface area contributed by atoms with Crippen molar-refractivity contribution in [2.75, 3.05) is 6.54 Å². The molecule has 4 aromatic rings. The SMILES string of the molecule is Cc1cccc(COc2ccc(C([O-])=C3C(=O)C(=O)N(CCC[n+]4cc[nH]c4)C3c3ccc([N+](=O)[O-])cc3)cc2)c1. The van der Waals surface area contributed by atoms with E-state index in [1.54, 1.807) is 36.8 Å². The standard InChI is InChI=1S/C31H28N4O6/c1-21-4-2-5-22(18-21)19-41-26-12-8-24(9-13-26)29(36)27-28(23-6-10-25(11-7-23)35(39)40)34(31(38)30(27)37)16-3-15-33-17-14-32-20-33/h2,4-14,17-18,20,28H,3,15-16,19H2,1H3,(H,36,37).